The SMILES string of the molecule is COc1ccc(C[C@@H]2C[C@@H](C(=O)CCc3ccc4c(c3)nnn4C)N(C(=O)C3NCCc4cc(Cl)ccc43)C2)cc1. The molecule has 4 aromatic rings. The van der Waals surface area contributed by atoms with Crippen LogP contribution in [0.15, 0.2) is 60.7 Å². The molecule has 1 unspecified atom stereocenters. The van der Waals surface area contributed by atoms with Gasteiger partial charge in [0.25, 0.3) is 0 Å². The van der Waals surface area contributed by atoms with Gasteiger partial charge in [0.15, 0.2) is 5.78 Å². The summed E-state index contributed by atoms with van der Waals surface area (Å²) in [6, 6.07) is 18.8. The average molecular weight is 572 g/mol. The summed E-state index contributed by atoms with van der Waals surface area (Å²) in [6.45, 7) is 1.24. The number of nitrogens with one attached hydrogen (secondary N) is 1. The van der Waals surface area contributed by atoms with Gasteiger partial charge in [-0.05, 0) is 90.3 Å². The number of fused-ring (bicyclic) bond motifs is 2. The lowest BCUT2D eigenvalue weighted by Gasteiger charge is -2.32. The van der Waals surface area contributed by atoms with E-state index in [0.717, 1.165) is 46.3 Å². The number of nitrogens with zero attached hydrogens (tertiary/aromatic N) is 4. The van der Waals surface area contributed by atoms with Crippen LogP contribution in [0.1, 0.15) is 41.1 Å². The fraction of sp³-hybridized carbons (Fsp3) is 0.375. The Hall–Kier alpha value is -3.75. The molecule has 8 nitrogen and oxygen atoms in total. The molecule has 1 N–H and O–H groups in total. The summed E-state index contributed by atoms with van der Waals surface area (Å²) in [7, 11) is 3.52. The number of rotatable bonds is 8. The number of hydrogen-bond acceptors (Lipinski definition) is 6. The van der Waals surface area contributed by atoms with E-state index < -0.39 is 12.1 Å². The van der Waals surface area contributed by atoms with E-state index in [2.05, 4.69) is 27.8 Å². The van der Waals surface area contributed by atoms with Crippen LogP contribution in [-0.2, 0) is 35.9 Å². The first-order chi connectivity index (χ1) is 19.9. The summed E-state index contributed by atoms with van der Waals surface area (Å²) < 4.78 is 7.04. The fourth-order valence-electron chi connectivity index (χ4n) is 6.31. The van der Waals surface area contributed by atoms with Crippen LogP contribution in [0.4, 0.5) is 0 Å². The first-order valence-electron chi connectivity index (χ1n) is 14.2. The summed E-state index contributed by atoms with van der Waals surface area (Å²) in [4.78, 5) is 29.7. The Bertz CT molecular complexity index is 1580. The molecule has 0 bridgehead atoms. The van der Waals surface area contributed by atoms with Gasteiger partial charge < -0.3 is 15.0 Å². The third kappa shape index (κ3) is 5.72. The number of halogens is 1. The minimum absolute atomic E-state index is 0.0372. The van der Waals surface area contributed by atoms with E-state index in [9.17, 15) is 9.59 Å². The second kappa shape index (κ2) is 11.6. The van der Waals surface area contributed by atoms with Crippen molar-refractivity contribution < 1.29 is 14.3 Å². The predicted molar refractivity (Wildman–Crippen MR) is 158 cm³/mol. The lowest BCUT2D eigenvalue weighted by atomic mass is 9.92. The van der Waals surface area contributed by atoms with Crippen LogP contribution in [-0.4, -0.2) is 57.8 Å². The number of ketones is 1. The molecule has 2 aliphatic rings. The molecule has 0 saturated carbocycles. The van der Waals surface area contributed by atoms with Gasteiger partial charge in [-0.2, -0.15) is 0 Å². The van der Waals surface area contributed by atoms with E-state index in [1.54, 1.807) is 11.8 Å². The Morgan fingerprint density at radius 3 is 2.68 bits per heavy atom. The quantitative estimate of drug-likeness (QED) is 0.335. The first kappa shape index (κ1) is 27.4. The Morgan fingerprint density at radius 1 is 1.07 bits per heavy atom. The van der Waals surface area contributed by atoms with Gasteiger partial charge in [0.05, 0.1) is 18.7 Å². The molecule has 3 aromatic carbocycles. The van der Waals surface area contributed by atoms with E-state index >= 15 is 0 Å². The number of likely N-dealkylation sites (tertiary alicyclic amines) is 1. The van der Waals surface area contributed by atoms with E-state index in [1.807, 2.05) is 60.5 Å². The number of aromatic nitrogens is 3. The van der Waals surface area contributed by atoms with Crippen LogP contribution >= 0.6 is 11.6 Å². The maximum atomic E-state index is 14.1. The van der Waals surface area contributed by atoms with E-state index in [1.165, 1.54) is 5.56 Å². The number of methoxy groups -OCH3 is 1. The molecule has 1 saturated heterocycles. The third-order valence-electron chi connectivity index (χ3n) is 8.47. The van der Waals surface area contributed by atoms with Crippen molar-refractivity contribution in [3.05, 3.63) is 87.9 Å². The molecule has 2 aliphatic heterocycles. The largest absolute Gasteiger partial charge is 0.497 e. The molecule has 3 atom stereocenters. The Morgan fingerprint density at radius 2 is 1.88 bits per heavy atom. The van der Waals surface area contributed by atoms with Gasteiger partial charge in [-0.15, -0.1) is 5.10 Å². The van der Waals surface area contributed by atoms with Crippen molar-refractivity contribution in [2.75, 3.05) is 20.2 Å². The van der Waals surface area contributed by atoms with Crippen LogP contribution in [0.3, 0.4) is 0 Å². The van der Waals surface area contributed by atoms with E-state index in [4.69, 9.17) is 16.3 Å². The number of ether oxygens (including phenoxy) is 1. The van der Waals surface area contributed by atoms with Gasteiger partial charge in [0, 0.05) is 31.6 Å². The van der Waals surface area contributed by atoms with Crippen molar-refractivity contribution in [3.8, 4) is 5.75 Å². The van der Waals surface area contributed by atoms with Crippen molar-refractivity contribution in [2.24, 2.45) is 13.0 Å². The number of amides is 1. The fourth-order valence-corrected chi connectivity index (χ4v) is 6.50. The van der Waals surface area contributed by atoms with Gasteiger partial charge >= 0.3 is 0 Å². The highest BCUT2D eigenvalue weighted by Crippen LogP contribution is 2.34. The highest BCUT2D eigenvalue weighted by molar-refractivity contribution is 6.30. The number of carbonyl (C=O) groups excluding carboxylic acids is 2. The van der Waals surface area contributed by atoms with Crippen LogP contribution in [0.2, 0.25) is 5.02 Å². The van der Waals surface area contributed by atoms with Gasteiger partial charge in [-0.25, -0.2) is 4.68 Å². The van der Waals surface area contributed by atoms with Crippen LogP contribution < -0.4 is 10.1 Å². The standard InChI is InChI=1S/C32H34ClN5O3/c1-37-28-11-5-21(16-27(28)35-36-37)6-12-30(39)29-17-22(15-20-3-8-25(41-2)9-4-20)19-38(29)32(40)31-26-10-7-24(33)18-23(26)13-14-34-31/h3-5,7-11,16,18,22,29,31,34H,6,12-15,17,19H2,1-2H3/t22-,29+,31?/m1/s1. The van der Waals surface area contributed by atoms with Crippen LogP contribution in [0.5, 0.6) is 5.75 Å². The van der Waals surface area contributed by atoms with Crippen molar-refractivity contribution in [1.82, 2.24) is 25.2 Å². The molecule has 1 fully saturated rings. The molecule has 6 rings (SSSR count). The number of aryl methyl sites for hydroxylation is 2. The Kier molecular flexibility index (Phi) is 7.77. The van der Waals surface area contributed by atoms with E-state index in [0.29, 0.717) is 37.4 Å². The summed E-state index contributed by atoms with van der Waals surface area (Å²) in [5.74, 6) is 1.06. The normalized spacial score (nSPS) is 20.3. The number of Topliss-reactive ketones (excluding diaryl/α,β-unsaturated/α-hetero) is 1. The predicted octanol–water partition coefficient (Wildman–Crippen LogP) is 4.48. The number of carbonyl (C=O) groups is 2. The molecule has 1 aromatic heterocycles. The molecular formula is C32H34ClN5O3. The topological polar surface area (TPSA) is 89.3 Å². The monoisotopic (exact) mass is 571 g/mol. The van der Waals surface area contributed by atoms with Crippen molar-refractivity contribution >= 4 is 34.3 Å². The highest BCUT2D eigenvalue weighted by Gasteiger charge is 2.42. The summed E-state index contributed by atoms with van der Waals surface area (Å²) in [5, 5.41) is 12.4. The Labute approximate surface area is 244 Å². The molecular weight excluding hydrogens is 538 g/mol. The molecule has 3 heterocycles. The minimum Gasteiger partial charge on any atom is -0.497 e. The van der Waals surface area contributed by atoms with E-state index in [-0.39, 0.29) is 17.6 Å². The maximum Gasteiger partial charge on any atom is 0.244 e. The van der Waals surface area contributed by atoms with Crippen molar-refractivity contribution in [2.45, 2.75) is 44.2 Å². The molecule has 1 amide bonds. The van der Waals surface area contributed by atoms with Gasteiger partial charge in [0.1, 0.15) is 17.3 Å². The molecule has 0 spiro atoms. The molecule has 9 heteroatoms. The maximum absolute atomic E-state index is 14.1. The van der Waals surface area contributed by atoms with Crippen molar-refractivity contribution in [1.29, 1.82) is 0 Å². The molecule has 212 valence electrons. The van der Waals surface area contributed by atoms with Gasteiger partial charge in [0.2, 0.25) is 5.91 Å². The third-order valence-corrected chi connectivity index (χ3v) is 8.70. The summed E-state index contributed by atoms with van der Waals surface area (Å²) in [5.41, 5.74) is 6.02. The lowest BCUT2D eigenvalue weighted by molar-refractivity contribution is -0.139. The van der Waals surface area contributed by atoms with Gasteiger partial charge in [-0.3, -0.25) is 9.59 Å². The van der Waals surface area contributed by atoms with Crippen LogP contribution in [0.25, 0.3) is 11.0 Å². The zero-order valence-electron chi connectivity index (χ0n) is 23.3. The zero-order valence-corrected chi connectivity index (χ0v) is 24.1. The molecule has 41 heavy (non-hydrogen) atoms. The summed E-state index contributed by atoms with van der Waals surface area (Å²) >= 11 is 6.25. The molecule has 0 radical (unpaired) electrons. The second-order valence-corrected chi connectivity index (χ2v) is 11.6. The molecule has 0 aliphatic carbocycles. The average Bonchev–Trinajstić information content (AvgIpc) is 3.58. The number of benzene rings is 3. The summed E-state index contributed by atoms with van der Waals surface area (Å²) in [6.07, 6.45) is 3.22. The Balaban J connectivity index is 1.22. The lowest BCUT2D eigenvalue weighted by Crippen LogP contribution is -2.48. The smallest absolute Gasteiger partial charge is 0.244 e. The highest BCUT2D eigenvalue weighted by atomic mass is 35.5. The number of hydrogen-bond donors (Lipinski definition) is 1. The van der Waals surface area contributed by atoms with Crippen LogP contribution in [0, 0.1) is 5.92 Å². The van der Waals surface area contributed by atoms with Crippen molar-refractivity contribution in [3.63, 3.8) is 0 Å². The minimum atomic E-state index is -0.481. The van der Waals surface area contributed by atoms with Gasteiger partial charge in [-0.1, -0.05) is 41.1 Å². The zero-order chi connectivity index (χ0) is 28.5. The second-order valence-electron chi connectivity index (χ2n) is 11.1. The first-order valence-corrected chi connectivity index (χ1v) is 14.5.